The van der Waals surface area contributed by atoms with E-state index in [1.807, 2.05) is 0 Å². The number of halogens is 1. The first-order chi connectivity index (χ1) is 7.31. The number of nitrogens with two attached hydrogens (primary N) is 1. The average molecular weight is 345 g/mol. The molecule has 0 unspecified atom stereocenters. The highest BCUT2D eigenvalue weighted by molar-refractivity contribution is 14.0. The highest BCUT2D eigenvalue weighted by Gasteiger charge is 1.91. The highest BCUT2D eigenvalue weighted by Crippen LogP contribution is 1.95. The maximum Gasteiger partial charge on any atom is 0.188 e. The lowest BCUT2D eigenvalue weighted by Gasteiger charge is -2.04. The van der Waals surface area contributed by atoms with Gasteiger partial charge in [-0.3, -0.25) is 4.99 Å². The van der Waals surface area contributed by atoms with Gasteiger partial charge >= 0.3 is 0 Å². The van der Waals surface area contributed by atoms with E-state index in [-0.39, 0.29) is 24.0 Å². The molecule has 0 atom stereocenters. The molecule has 98 valence electrons. The summed E-state index contributed by atoms with van der Waals surface area (Å²) in [5, 5.41) is 2.96. The second kappa shape index (κ2) is 14.9. The number of nitrogens with one attached hydrogen (secondary N) is 1. The molecular formula is C10H24IN3O2. The predicted molar refractivity (Wildman–Crippen MR) is 77.5 cm³/mol. The lowest BCUT2D eigenvalue weighted by molar-refractivity contribution is 0.192. The molecule has 0 aromatic carbocycles. The molecule has 0 fully saturated rings. The Labute approximate surface area is 115 Å². The fourth-order valence-electron chi connectivity index (χ4n) is 1.07. The van der Waals surface area contributed by atoms with Crippen LogP contribution in [0.4, 0.5) is 0 Å². The Hall–Kier alpha value is -0.0800. The molecule has 0 rings (SSSR count). The molecule has 0 heterocycles. The molecule has 0 aliphatic heterocycles. The summed E-state index contributed by atoms with van der Waals surface area (Å²) < 4.78 is 9.82. The van der Waals surface area contributed by atoms with Gasteiger partial charge in [-0.1, -0.05) is 0 Å². The van der Waals surface area contributed by atoms with E-state index in [2.05, 4.69) is 10.3 Å². The minimum atomic E-state index is 0. The Morgan fingerprint density at radius 2 is 1.81 bits per heavy atom. The van der Waals surface area contributed by atoms with Gasteiger partial charge in [0.05, 0.1) is 6.61 Å². The van der Waals surface area contributed by atoms with Crippen LogP contribution in [0.2, 0.25) is 0 Å². The van der Waals surface area contributed by atoms with Crippen molar-refractivity contribution in [1.29, 1.82) is 0 Å². The summed E-state index contributed by atoms with van der Waals surface area (Å²) in [4.78, 5) is 4.18. The third-order valence-electron chi connectivity index (χ3n) is 1.90. The maximum absolute atomic E-state index is 5.61. The molecule has 0 saturated heterocycles. The van der Waals surface area contributed by atoms with Crippen LogP contribution in [0, 0.1) is 0 Å². The molecule has 0 aromatic heterocycles. The number of guanidine groups is 1. The van der Waals surface area contributed by atoms with Crippen molar-refractivity contribution in [3.63, 3.8) is 0 Å². The standard InChI is InChI=1S/C10H23N3O2.HI/c1-14-8-5-3-4-6-12-10(11)13-7-9-15-2;/h3-9H2,1-2H3,(H3,11,12,13);1H. The van der Waals surface area contributed by atoms with Crippen molar-refractivity contribution in [2.45, 2.75) is 19.3 Å². The molecule has 5 nitrogen and oxygen atoms in total. The monoisotopic (exact) mass is 345 g/mol. The van der Waals surface area contributed by atoms with Gasteiger partial charge in [0.15, 0.2) is 5.96 Å². The van der Waals surface area contributed by atoms with Crippen molar-refractivity contribution in [2.75, 3.05) is 40.5 Å². The number of hydrogen-bond acceptors (Lipinski definition) is 3. The van der Waals surface area contributed by atoms with Gasteiger partial charge in [-0.2, -0.15) is 0 Å². The Balaban J connectivity index is 0. The topological polar surface area (TPSA) is 68.9 Å². The third-order valence-corrected chi connectivity index (χ3v) is 1.90. The van der Waals surface area contributed by atoms with E-state index in [0.29, 0.717) is 19.1 Å². The van der Waals surface area contributed by atoms with Crippen molar-refractivity contribution < 1.29 is 9.47 Å². The van der Waals surface area contributed by atoms with E-state index in [4.69, 9.17) is 15.2 Å². The number of rotatable bonds is 9. The zero-order chi connectivity index (χ0) is 11.4. The fourth-order valence-corrected chi connectivity index (χ4v) is 1.07. The highest BCUT2D eigenvalue weighted by atomic mass is 127. The average Bonchev–Trinajstić information content (AvgIpc) is 2.23. The largest absolute Gasteiger partial charge is 0.385 e. The van der Waals surface area contributed by atoms with Crippen LogP contribution < -0.4 is 11.1 Å². The van der Waals surface area contributed by atoms with Gasteiger partial charge in [0.25, 0.3) is 0 Å². The Morgan fingerprint density at radius 3 is 2.44 bits per heavy atom. The molecule has 0 saturated carbocycles. The van der Waals surface area contributed by atoms with Gasteiger partial charge in [-0.05, 0) is 19.3 Å². The molecule has 0 amide bonds. The fraction of sp³-hybridized carbons (Fsp3) is 0.900. The number of unbranched alkanes of at least 4 members (excludes halogenated alkanes) is 2. The molecular weight excluding hydrogens is 321 g/mol. The predicted octanol–water partition coefficient (Wildman–Crippen LogP) is 0.972. The number of nitrogens with zero attached hydrogens (tertiary/aromatic N) is 1. The van der Waals surface area contributed by atoms with Crippen LogP contribution in [-0.2, 0) is 9.47 Å². The Bertz CT molecular complexity index is 168. The minimum Gasteiger partial charge on any atom is -0.385 e. The first-order valence-corrected chi connectivity index (χ1v) is 5.33. The molecule has 0 aliphatic carbocycles. The second-order valence-electron chi connectivity index (χ2n) is 3.24. The van der Waals surface area contributed by atoms with Crippen LogP contribution in [0.1, 0.15) is 19.3 Å². The van der Waals surface area contributed by atoms with Crippen LogP contribution in [0.25, 0.3) is 0 Å². The van der Waals surface area contributed by atoms with E-state index in [1.54, 1.807) is 14.2 Å². The quantitative estimate of drug-likeness (QED) is 0.283. The van der Waals surface area contributed by atoms with Crippen molar-refractivity contribution in [3.05, 3.63) is 0 Å². The van der Waals surface area contributed by atoms with Crippen molar-refractivity contribution in [1.82, 2.24) is 5.32 Å². The summed E-state index contributed by atoms with van der Waals surface area (Å²) in [5.41, 5.74) is 5.61. The van der Waals surface area contributed by atoms with Crippen LogP contribution in [0.15, 0.2) is 4.99 Å². The number of ether oxygens (including phenoxy) is 2. The lowest BCUT2D eigenvalue weighted by atomic mass is 10.2. The summed E-state index contributed by atoms with van der Waals surface area (Å²) in [6.45, 7) is 2.94. The zero-order valence-corrected chi connectivity index (χ0v) is 12.5. The Morgan fingerprint density at radius 1 is 1.12 bits per heavy atom. The van der Waals surface area contributed by atoms with E-state index in [1.165, 1.54) is 0 Å². The second-order valence-corrected chi connectivity index (χ2v) is 3.24. The van der Waals surface area contributed by atoms with Crippen molar-refractivity contribution >= 4 is 29.9 Å². The van der Waals surface area contributed by atoms with Crippen LogP contribution in [-0.4, -0.2) is 46.5 Å². The third kappa shape index (κ3) is 13.9. The summed E-state index contributed by atoms with van der Waals surface area (Å²) in [6.07, 6.45) is 3.27. The van der Waals surface area contributed by atoms with Crippen LogP contribution >= 0.6 is 24.0 Å². The molecule has 0 bridgehead atoms. The lowest BCUT2D eigenvalue weighted by Crippen LogP contribution is -2.34. The zero-order valence-electron chi connectivity index (χ0n) is 10.2. The minimum absolute atomic E-state index is 0. The van der Waals surface area contributed by atoms with Crippen molar-refractivity contribution in [2.24, 2.45) is 10.7 Å². The summed E-state index contributed by atoms with van der Waals surface area (Å²) in [6, 6.07) is 0. The van der Waals surface area contributed by atoms with Gasteiger partial charge < -0.3 is 20.5 Å². The van der Waals surface area contributed by atoms with Gasteiger partial charge in [-0.15, -0.1) is 24.0 Å². The summed E-state index contributed by atoms with van der Waals surface area (Å²) in [7, 11) is 3.38. The smallest absolute Gasteiger partial charge is 0.188 e. The normalized spacial score (nSPS) is 11.0. The summed E-state index contributed by atoms with van der Waals surface area (Å²) >= 11 is 0. The first kappa shape index (κ1) is 18.3. The SMILES string of the molecule is COCCCCCN=C(N)NCCOC.I. The first-order valence-electron chi connectivity index (χ1n) is 5.33. The van der Waals surface area contributed by atoms with E-state index in [0.717, 1.165) is 32.4 Å². The molecule has 0 aliphatic rings. The Kier molecular flexibility index (Phi) is 17.1. The molecule has 3 N–H and O–H groups in total. The molecule has 0 radical (unpaired) electrons. The van der Waals surface area contributed by atoms with Gasteiger partial charge in [0.1, 0.15) is 0 Å². The molecule has 0 aromatic rings. The van der Waals surface area contributed by atoms with Gasteiger partial charge in [0.2, 0.25) is 0 Å². The molecule has 6 heteroatoms. The van der Waals surface area contributed by atoms with Crippen LogP contribution in [0.3, 0.4) is 0 Å². The summed E-state index contributed by atoms with van der Waals surface area (Å²) in [5.74, 6) is 0.499. The molecule has 16 heavy (non-hydrogen) atoms. The van der Waals surface area contributed by atoms with Crippen molar-refractivity contribution in [3.8, 4) is 0 Å². The number of aliphatic imine (C=N–C) groups is 1. The van der Waals surface area contributed by atoms with Crippen LogP contribution in [0.5, 0.6) is 0 Å². The number of methoxy groups -OCH3 is 2. The van der Waals surface area contributed by atoms with E-state index >= 15 is 0 Å². The maximum atomic E-state index is 5.61. The van der Waals surface area contributed by atoms with Gasteiger partial charge in [0, 0.05) is 33.9 Å². The van der Waals surface area contributed by atoms with E-state index in [9.17, 15) is 0 Å². The van der Waals surface area contributed by atoms with E-state index < -0.39 is 0 Å². The molecule has 0 spiro atoms. The number of hydrogen-bond donors (Lipinski definition) is 2. The van der Waals surface area contributed by atoms with Gasteiger partial charge in [-0.25, -0.2) is 0 Å².